The van der Waals surface area contributed by atoms with Gasteiger partial charge in [0, 0.05) is 49.6 Å². The summed E-state index contributed by atoms with van der Waals surface area (Å²) in [7, 11) is 4.33. The molecule has 1 aliphatic heterocycles. The SMILES string of the molecule is Cc1cc(Nc2cc(N3CCCC3CN)nc3c(-c4cnn(C)c4)cnn23)sc1S(=O)N(C)C. The van der Waals surface area contributed by atoms with Gasteiger partial charge in [-0.15, -0.1) is 11.3 Å². The minimum absolute atomic E-state index is 0.269. The number of rotatable bonds is 7. The van der Waals surface area contributed by atoms with E-state index in [1.165, 1.54) is 11.3 Å². The molecule has 4 aromatic heterocycles. The number of aromatic nitrogens is 5. The molecule has 10 nitrogen and oxygen atoms in total. The highest BCUT2D eigenvalue weighted by Crippen LogP contribution is 2.35. The molecule has 1 fully saturated rings. The summed E-state index contributed by atoms with van der Waals surface area (Å²) >= 11 is 1.49. The fourth-order valence-corrected chi connectivity index (χ4v) is 6.80. The molecule has 0 bridgehead atoms. The fourth-order valence-electron chi connectivity index (χ4n) is 4.32. The average molecular weight is 500 g/mol. The lowest BCUT2D eigenvalue weighted by Gasteiger charge is -2.25. The highest BCUT2D eigenvalue weighted by atomic mass is 32.2. The van der Waals surface area contributed by atoms with Crippen LogP contribution in [0.15, 0.2) is 34.9 Å². The van der Waals surface area contributed by atoms with Crippen molar-refractivity contribution in [2.75, 3.05) is 37.4 Å². The topological polar surface area (TPSA) is 110 Å². The monoisotopic (exact) mass is 499 g/mol. The maximum atomic E-state index is 12.7. The van der Waals surface area contributed by atoms with Crippen LogP contribution in [0.1, 0.15) is 18.4 Å². The summed E-state index contributed by atoms with van der Waals surface area (Å²) in [5.41, 5.74) is 9.68. The molecule has 0 aromatic carbocycles. The van der Waals surface area contributed by atoms with Crippen LogP contribution in [0.4, 0.5) is 16.6 Å². The van der Waals surface area contributed by atoms with Crippen molar-refractivity contribution in [2.24, 2.45) is 12.8 Å². The second-order valence-electron chi connectivity index (χ2n) is 8.69. The van der Waals surface area contributed by atoms with Crippen molar-refractivity contribution in [1.82, 2.24) is 28.7 Å². The second kappa shape index (κ2) is 9.10. The molecule has 0 radical (unpaired) electrons. The van der Waals surface area contributed by atoms with Crippen LogP contribution in [0.2, 0.25) is 0 Å². The van der Waals surface area contributed by atoms with Crippen LogP contribution in [0, 0.1) is 6.92 Å². The highest BCUT2D eigenvalue weighted by molar-refractivity contribution is 7.85. The first kappa shape index (κ1) is 23.0. The van der Waals surface area contributed by atoms with Crippen LogP contribution in [0.25, 0.3) is 16.8 Å². The van der Waals surface area contributed by atoms with Crippen molar-refractivity contribution in [1.29, 1.82) is 0 Å². The normalized spacial score (nSPS) is 17.2. The van der Waals surface area contributed by atoms with Crippen LogP contribution >= 0.6 is 11.3 Å². The number of fused-ring (bicyclic) bond motifs is 1. The Labute approximate surface area is 205 Å². The van der Waals surface area contributed by atoms with E-state index >= 15 is 0 Å². The van der Waals surface area contributed by atoms with Gasteiger partial charge < -0.3 is 16.0 Å². The van der Waals surface area contributed by atoms with Crippen molar-refractivity contribution in [3.05, 3.63) is 36.3 Å². The first-order valence-electron chi connectivity index (χ1n) is 11.2. The van der Waals surface area contributed by atoms with E-state index < -0.39 is 11.0 Å². The minimum atomic E-state index is -1.20. The molecule has 3 N–H and O–H groups in total. The Balaban J connectivity index is 1.61. The Morgan fingerprint density at radius 1 is 1.29 bits per heavy atom. The molecular formula is C22H29N9OS2. The van der Waals surface area contributed by atoms with E-state index in [9.17, 15) is 4.21 Å². The van der Waals surface area contributed by atoms with Crippen LogP contribution in [0.3, 0.4) is 0 Å². The van der Waals surface area contributed by atoms with Crippen LogP contribution in [-0.4, -0.2) is 66.1 Å². The maximum absolute atomic E-state index is 12.7. The molecule has 0 spiro atoms. The van der Waals surface area contributed by atoms with Gasteiger partial charge in [-0.1, -0.05) is 0 Å². The smallest absolute Gasteiger partial charge is 0.167 e. The predicted molar refractivity (Wildman–Crippen MR) is 137 cm³/mol. The van der Waals surface area contributed by atoms with Gasteiger partial charge in [0.25, 0.3) is 0 Å². The lowest BCUT2D eigenvalue weighted by atomic mass is 10.2. The van der Waals surface area contributed by atoms with E-state index in [-0.39, 0.29) is 6.04 Å². The molecule has 4 aromatic rings. The van der Waals surface area contributed by atoms with E-state index in [1.54, 1.807) is 8.99 Å². The van der Waals surface area contributed by atoms with E-state index in [4.69, 9.17) is 10.7 Å². The minimum Gasteiger partial charge on any atom is -0.352 e. The molecular weight excluding hydrogens is 470 g/mol. The summed E-state index contributed by atoms with van der Waals surface area (Å²) in [6.07, 6.45) is 7.76. The number of thiophene rings is 1. The van der Waals surface area contributed by atoms with E-state index in [0.29, 0.717) is 6.54 Å². The van der Waals surface area contributed by atoms with Gasteiger partial charge in [0.1, 0.15) is 26.8 Å². The number of hydrogen-bond donors (Lipinski definition) is 2. The fraction of sp³-hybridized carbons (Fsp3) is 0.409. The predicted octanol–water partition coefficient (Wildman–Crippen LogP) is 2.76. The Hall–Kier alpha value is -2.80. The molecule has 12 heteroatoms. The van der Waals surface area contributed by atoms with Crippen molar-refractivity contribution in [2.45, 2.75) is 30.0 Å². The first-order chi connectivity index (χ1) is 16.4. The molecule has 1 aliphatic rings. The first-order valence-corrected chi connectivity index (χ1v) is 13.1. The van der Waals surface area contributed by atoms with E-state index in [0.717, 1.165) is 62.6 Å². The second-order valence-corrected chi connectivity index (χ2v) is 11.6. The number of hydrogen-bond acceptors (Lipinski definition) is 8. The summed E-state index contributed by atoms with van der Waals surface area (Å²) < 4.78 is 18.8. The zero-order valence-corrected chi connectivity index (χ0v) is 21.4. The molecule has 0 aliphatic carbocycles. The van der Waals surface area contributed by atoms with Gasteiger partial charge in [0.05, 0.1) is 17.4 Å². The lowest BCUT2D eigenvalue weighted by Crippen LogP contribution is -2.36. The third-order valence-electron chi connectivity index (χ3n) is 6.03. The van der Waals surface area contributed by atoms with Gasteiger partial charge in [0.15, 0.2) is 5.65 Å². The van der Waals surface area contributed by atoms with Gasteiger partial charge >= 0.3 is 0 Å². The molecule has 34 heavy (non-hydrogen) atoms. The standard InChI is InChI=1S/C22H29N9OS2/c1-14-8-20(33-22(14)34(32)28(2)3)26-19-9-18(30-7-5-6-16(30)10-23)27-21-17(12-25-31(19)21)15-11-24-29(4)13-15/h8-9,11-13,16,26H,5-7,10,23H2,1-4H3. The summed E-state index contributed by atoms with van der Waals surface area (Å²) in [6, 6.07) is 4.32. The van der Waals surface area contributed by atoms with E-state index in [1.807, 2.05) is 63.3 Å². The Kier molecular flexibility index (Phi) is 6.15. The van der Waals surface area contributed by atoms with Crippen molar-refractivity contribution < 1.29 is 4.21 Å². The Bertz CT molecular complexity index is 1360. The van der Waals surface area contributed by atoms with Crippen LogP contribution in [0.5, 0.6) is 0 Å². The van der Waals surface area contributed by atoms with Crippen LogP contribution in [-0.2, 0) is 18.0 Å². The van der Waals surface area contributed by atoms with Gasteiger partial charge in [-0.2, -0.15) is 14.7 Å². The number of nitrogens with zero attached hydrogens (tertiary/aromatic N) is 7. The number of nitrogens with one attached hydrogen (secondary N) is 1. The zero-order chi connectivity index (χ0) is 24.0. The quantitative estimate of drug-likeness (QED) is 0.402. The molecule has 0 saturated carbocycles. The number of nitrogens with two attached hydrogens (primary N) is 1. The molecule has 5 rings (SSSR count). The average Bonchev–Trinajstić information content (AvgIpc) is 3.59. The molecule has 180 valence electrons. The Morgan fingerprint density at radius 2 is 2.12 bits per heavy atom. The van der Waals surface area contributed by atoms with Crippen molar-refractivity contribution in [3.63, 3.8) is 0 Å². The molecule has 1 saturated heterocycles. The molecule has 5 heterocycles. The summed E-state index contributed by atoms with van der Waals surface area (Å²) in [5, 5.41) is 13.4. The zero-order valence-electron chi connectivity index (χ0n) is 19.7. The Morgan fingerprint density at radius 3 is 2.82 bits per heavy atom. The molecule has 0 amide bonds. The largest absolute Gasteiger partial charge is 0.352 e. The molecule has 2 atom stereocenters. The summed E-state index contributed by atoms with van der Waals surface area (Å²) in [5.74, 6) is 1.67. The van der Waals surface area contributed by atoms with Gasteiger partial charge in [-0.3, -0.25) is 4.68 Å². The summed E-state index contributed by atoms with van der Waals surface area (Å²) in [6.45, 7) is 3.50. The van der Waals surface area contributed by atoms with Crippen LogP contribution < -0.4 is 16.0 Å². The third-order valence-corrected chi connectivity index (χ3v) is 8.96. The van der Waals surface area contributed by atoms with Crippen molar-refractivity contribution in [3.8, 4) is 11.1 Å². The highest BCUT2D eigenvalue weighted by Gasteiger charge is 2.26. The maximum Gasteiger partial charge on any atom is 0.167 e. The number of aryl methyl sites for hydroxylation is 2. The molecule has 2 unspecified atom stereocenters. The van der Waals surface area contributed by atoms with E-state index in [2.05, 4.69) is 20.4 Å². The lowest BCUT2D eigenvalue weighted by molar-refractivity contribution is 0.604. The van der Waals surface area contributed by atoms with Gasteiger partial charge in [0.2, 0.25) is 0 Å². The number of anilines is 3. The van der Waals surface area contributed by atoms with Gasteiger partial charge in [-0.05, 0) is 45.5 Å². The van der Waals surface area contributed by atoms with Crippen molar-refractivity contribution >= 4 is 44.6 Å². The summed E-state index contributed by atoms with van der Waals surface area (Å²) in [4.78, 5) is 7.31. The third kappa shape index (κ3) is 4.11. The van der Waals surface area contributed by atoms with Gasteiger partial charge in [-0.25, -0.2) is 13.5 Å².